The first kappa shape index (κ1) is 28.9. The Morgan fingerprint density at radius 3 is 2.52 bits per heavy atom. The van der Waals surface area contributed by atoms with Crippen LogP contribution in [0.4, 0.5) is 5.69 Å². The molecule has 4 aliphatic rings. The molecule has 1 spiro atoms. The molecule has 7 nitrogen and oxygen atoms in total. The molecule has 3 heterocycles. The molecule has 42 heavy (non-hydrogen) atoms. The van der Waals surface area contributed by atoms with Gasteiger partial charge in [-0.05, 0) is 60.4 Å². The van der Waals surface area contributed by atoms with Crippen molar-refractivity contribution in [2.24, 2.45) is 17.8 Å². The molecule has 3 amide bonds. The molecule has 3 aliphatic heterocycles. The number of nitrogens with one attached hydrogen (secondary N) is 2. The monoisotopic (exact) mass is 589 g/mol. The van der Waals surface area contributed by atoms with E-state index < -0.39 is 29.6 Å². The molecular formula is C34H40ClN3O4. The number of halogens is 1. The van der Waals surface area contributed by atoms with Gasteiger partial charge in [0, 0.05) is 23.3 Å². The van der Waals surface area contributed by atoms with Crippen LogP contribution in [0.3, 0.4) is 0 Å². The number of likely N-dealkylation sites (tertiary alicyclic amines) is 1. The third-order valence-corrected chi connectivity index (χ3v) is 10.2. The molecule has 0 radical (unpaired) electrons. The Hall–Kier alpha value is -3.16. The largest absolute Gasteiger partial charge is 0.359 e. The number of benzene rings is 2. The molecule has 2 saturated heterocycles. The van der Waals surface area contributed by atoms with Gasteiger partial charge < -0.3 is 20.3 Å². The molecule has 1 aliphatic carbocycles. The van der Waals surface area contributed by atoms with Crippen molar-refractivity contribution in [2.45, 2.75) is 82.6 Å². The zero-order valence-electron chi connectivity index (χ0n) is 24.5. The summed E-state index contributed by atoms with van der Waals surface area (Å²) in [4.78, 5) is 43.8. The Morgan fingerprint density at radius 1 is 1.07 bits per heavy atom. The van der Waals surface area contributed by atoms with Crippen LogP contribution in [0.5, 0.6) is 0 Å². The normalized spacial score (nSPS) is 31.5. The van der Waals surface area contributed by atoms with Gasteiger partial charge in [0.1, 0.15) is 11.6 Å². The van der Waals surface area contributed by atoms with Crippen LogP contribution in [0.15, 0.2) is 60.7 Å². The quantitative estimate of drug-likeness (QED) is 0.399. The van der Waals surface area contributed by atoms with E-state index in [9.17, 15) is 14.4 Å². The van der Waals surface area contributed by atoms with Crippen LogP contribution in [-0.4, -0.2) is 53.0 Å². The molecule has 0 unspecified atom stereocenters. The van der Waals surface area contributed by atoms with E-state index in [1.165, 1.54) is 5.56 Å². The van der Waals surface area contributed by atoms with E-state index in [2.05, 4.69) is 31.4 Å². The van der Waals surface area contributed by atoms with Gasteiger partial charge in [0.25, 0.3) is 0 Å². The zero-order valence-corrected chi connectivity index (χ0v) is 25.3. The first-order valence-electron chi connectivity index (χ1n) is 15.3. The topological polar surface area (TPSA) is 87.7 Å². The van der Waals surface area contributed by atoms with E-state index in [1.54, 1.807) is 4.90 Å². The third-order valence-electron chi connectivity index (χ3n) is 9.79. The lowest BCUT2D eigenvalue weighted by molar-refractivity contribution is -0.141. The molecule has 1 saturated carbocycles. The van der Waals surface area contributed by atoms with Crippen LogP contribution in [0.25, 0.3) is 0 Å². The second-order valence-electron chi connectivity index (χ2n) is 12.7. The van der Waals surface area contributed by atoms with E-state index in [-0.39, 0.29) is 23.8 Å². The average Bonchev–Trinajstić information content (AvgIpc) is 3.61. The van der Waals surface area contributed by atoms with Crippen LogP contribution < -0.4 is 10.6 Å². The van der Waals surface area contributed by atoms with Crippen LogP contribution >= 0.6 is 11.6 Å². The summed E-state index contributed by atoms with van der Waals surface area (Å²) in [6.45, 7) is 6.71. The summed E-state index contributed by atoms with van der Waals surface area (Å²) >= 11 is 6.44. The second-order valence-corrected chi connectivity index (χ2v) is 13.1. The Balaban J connectivity index is 1.28. The molecule has 6 rings (SSSR count). The predicted molar refractivity (Wildman–Crippen MR) is 163 cm³/mol. The lowest BCUT2D eigenvalue weighted by Crippen LogP contribution is -2.57. The molecule has 0 aromatic heterocycles. The Kier molecular flexibility index (Phi) is 7.92. The van der Waals surface area contributed by atoms with Gasteiger partial charge >= 0.3 is 0 Å². The maximum absolute atomic E-state index is 14.3. The number of rotatable bonds is 8. The van der Waals surface area contributed by atoms with Crippen molar-refractivity contribution in [1.29, 1.82) is 0 Å². The number of amides is 3. The maximum atomic E-state index is 14.3. The summed E-state index contributed by atoms with van der Waals surface area (Å²) in [5, 5.41) is 6.93. The SMILES string of the molecule is CC(C)c1ccc(NC(=O)[C@H]2[C@H]3C=C[C@@]4(O3)[C@H]2C(=O)N(CCc2ccccc2Cl)[C@@H]4C(=O)N[C@H]2CCCC[C@@H]2C)cc1. The number of hydrogen-bond acceptors (Lipinski definition) is 4. The van der Waals surface area contributed by atoms with E-state index >= 15 is 0 Å². The van der Waals surface area contributed by atoms with E-state index in [1.807, 2.05) is 60.7 Å². The first-order chi connectivity index (χ1) is 20.2. The van der Waals surface area contributed by atoms with Gasteiger partial charge in [0.15, 0.2) is 0 Å². The highest BCUT2D eigenvalue weighted by molar-refractivity contribution is 6.31. The fraction of sp³-hybridized carbons (Fsp3) is 0.500. The van der Waals surface area contributed by atoms with Crippen molar-refractivity contribution < 1.29 is 19.1 Å². The van der Waals surface area contributed by atoms with Gasteiger partial charge in [-0.25, -0.2) is 0 Å². The highest BCUT2D eigenvalue weighted by atomic mass is 35.5. The number of carbonyl (C=O) groups is 3. The highest BCUT2D eigenvalue weighted by Crippen LogP contribution is 2.55. The van der Waals surface area contributed by atoms with Gasteiger partial charge in [-0.1, -0.05) is 87.7 Å². The van der Waals surface area contributed by atoms with E-state index in [0.29, 0.717) is 35.5 Å². The molecule has 2 aromatic rings. The fourth-order valence-corrected chi connectivity index (χ4v) is 7.65. The molecule has 2 aromatic carbocycles. The number of ether oxygens (including phenoxy) is 1. The maximum Gasteiger partial charge on any atom is 0.246 e. The number of fused-ring (bicyclic) bond motifs is 1. The summed E-state index contributed by atoms with van der Waals surface area (Å²) in [7, 11) is 0. The van der Waals surface area contributed by atoms with Crippen LogP contribution in [0, 0.1) is 17.8 Å². The van der Waals surface area contributed by atoms with Gasteiger partial charge in [0.05, 0.1) is 17.9 Å². The van der Waals surface area contributed by atoms with Crippen LogP contribution in [-0.2, 0) is 25.5 Å². The van der Waals surface area contributed by atoms with Crippen molar-refractivity contribution in [2.75, 3.05) is 11.9 Å². The Bertz CT molecular complexity index is 1390. The smallest absolute Gasteiger partial charge is 0.246 e. The van der Waals surface area contributed by atoms with Crippen molar-refractivity contribution in [3.63, 3.8) is 0 Å². The van der Waals surface area contributed by atoms with Crippen molar-refractivity contribution in [3.05, 3.63) is 76.8 Å². The summed E-state index contributed by atoms with van der Waals surface area (Å²) in [6, 6.07) is 14.5. The fourth-order valence-electron chi connectivity index (χ4n) is 7.42. The standard InChI is InChI=1S/C34H40ClN3O4/c1-20(2)22-12-14-24(15-13-22)36-31(39)28-27-16-18-34(42-27)29(28)33(41)38(19-17-23-9-5-6-10-25(23)35)30(34)32(40)37-26-11-7-4-8-21(26)3/h5-6,9-10,12-16,18,20-21,26-30H,4,7-8,11,17,19H2,1-3H3,(H,36,39)(H,37,40)/t21-,26-,27+,28-,29+,30+,34+/m0/s1. The van der Waals surface area contributed by atoms with E-state index in [0.717, 1.165) is 31.2 Å². The summed E-state index contributed by atoms with van der Waals surface area (Å²) in [6.07, 6.45) is 7.87. The predicted octanol–water partition coefficient (Wildman–Crippen LogP) is 5.49. The average molecular weight is 590 g/mol. The number of carbonyl (C=O) groups excluding carboxylic acids is 3. The Morgan fingerprint density at radius 2 is 1.81 bits per heavy atom. The lowest BCUT2D eigenvalue weighted by Gasteiger charge is -2.36. The zero-order chi connectivity index (χ0) is 29.6. The van der Waals surface area contributed by atoms with E-state index in [4.69, 9.17) is 16.3 Å². The first-order valence-corrected chi connectivity index (χ1v) is 15.7. The van der Waals surface area contributed by atoms with Crippen molar-refractivity contribution in [1.82, 2.24) is 10.2 Å². The molecular weight excluding hydrogens is 550 g/mol. The summed E-state index contributed by atoms with van der Waals surface area (Å²) in [5.41, 5.74) is 1.57. The second kappa shape index (κ2) is 11.5. The molecule has 7 atom stereocenters. The van der Waals surface area contributed by atoms with Gasteiger partial charge in [-0.15, -0.1) is 0 Å². The molecule has 3 fully saturated rings. The molecule has 222 valence electrons. The summed E-state index contributed by atoms with van der Waals surface area (Å²) < 4.78 is 6.51. The molecule has 2 N–H and O–H groups in total. The summed E-state index contributed by atoms with van der Waals surface area (Å²) in [5.74, 6) is -1.47. The van der Waals surface area contributed by atoms with Crippen molar-refractivity contribution in [3.8, 4) is 0 Å². The van der Waals surface area contributed by atoms with Gasteiger partial charge in [0.2, 0.25) is 17.7 Å². The van der Waals surface area contributed by atoms with Crippen LogP contribution in [0.2, 0.25) is 5.02 Å². The third kappa shape index (κ3) is 5.05. The van der Waals surface area contributed by atoms with Crippen molar-refractivity contribution >= 4 is 35.0 Å². The lowest BCUT2D eigenvalue weighted by atomic mass is 9.74. The minimum atomic E-state index is -1.19. The Labute approximate surface area is 253 Å². The number of anilines is 1. The minimum Gasteiger partial charge on any atom is -0.359 e. The number of nitrogens with zero attached hydrogens (tertiary/aromatic N) is 1. The molecule has 8 heteroatoms. The van der Waals surface area contributed by atoms with Crippen LogP contribution in [0.1, 0.15) is 63.5 Å². The molecule has 2 bridgehead atoms. The minimum absolute atomic E-state index is 0.0534. The highest BCUT2D eigenvalue weighted by Gasteiger charge is 2.72. The number of hydrogen-bond donors (Lipinski definition) is 2. The van der Waals surface area contributed by atoms with Gasteiger partial charge in [-0.3, -0.25) is 14.4 Å². The van der Waals surface area contributed by atoms with Gasteiger partial charge in [-0.2, -0.15) is 0 Å².